The van der Waals surface area contributed by atoms with Crippen LogP contribution in [0.25, 0.3) is 0 Å². The summed E-state index contributed by atoms with van der Waals surface area (Å²) in [5.74, 6) is 0.220. The Balaban J connectivity index is 2.09. The Morgan fingerprint density at radius 3 is 2.64 bits per heavy atom. The molecule has 0 saturated carbocycles. The highest BCUT2D eigenvalue weighted by atomic mass is 35.5. The number of nitrogens with one attached hydrogen (secondary N) is 1. The van der Waals surface area contributed by atoms with E-state index in [9.17, 15) is 13.2 Å². The van der Waals surface area contributed by atoms with Gasteiger partial charge in [0.2, 0.25) is 0 Å². The van der Waals surface area contributed by atoms with E-state index in [0.717, 1.165) is 6.26 Å². The number of amides is 1. The lowest BCUT2D eigenvalue weighted by atomic mass is 10.2. The predicted octanol–water partition coefficient (Wildman–Crippen LogP) is 2.40. The fourth-order valence-corrected chi connectivity index (χ4v) is 2.78. The third kappa shape index (κ3) is 4.00. The molecule has 2 aromatic rings. The Morgan fingerprint density at radius 2 is 2.09 bits per heavy atom. The molecule has 0 unspecified atom stereocenters. The van der Waals surface area contributed by atoms with Crippen LogP contribution in [0, 0.1) is 0 Å². The molecule has 0 saturated heterocycles. The summed E-state index contributed by atoms with van der Waals surface area (Å²) in [6.45, 7) is 0.118. The van der Waals surface area contributed by atoms with Crippen LogP contribution >= 0.6 is 23.2 Å². The number of carbonyl (C=O) groups excluding carboxylic acids is 1. The van der Waals surface area contributed by atoms with Crippen LogP contribution in [0.5, 0.6) is 0 Å². The summed E-state index contributed by atoms with van der Waals surface area (Å²) in [5.41, 5.74) is 0.743. The Hall–Kier alpha value is -1.57. The topological polar surface area (TPSA) is 89.3 Å². The summed E-state index contributed by atoms with van der Waals surface area (Å²) >= 11 is 11.6. The van der Waals surface area contributed by atoms with Crippen LogP contribution in [-0.4, -0.2) is 25.7 Å². The minimum atomic E-state index is -3.38. The molecule has 22 heavy (non-hydrogen) atoms. The minimum absolute atomic E-state index is 0.0519. The lowest BCUT2D eigenvalue weighted by Gasteiger charge is -2.06. The van der Waals surface area contributed by atoms with E-state index < -0.39 is 15.7 Å². The quantitative estimate of drug-likeness (QED) is 0.824. The number of hydrogen-bond donors (Lipinski definition) is 1. The summed E-state index contributed by atoms with van der Waals surface area (Å²) in [4.78, 5) is 12.1. The molecule has 1 amide bonds. The van der Waals surface area contributed by atoms with Crippen molar-refractivity contribution < 1.29 is 17.7 Å². The number of sulfone groups is 1. The molecule has 1 aromatic heterocycles. The van der Waals surface area contributed by atoms with Gasteiger partial charge in [-0.05, 0) is 18.2 Å². The zero-order chi connectivity index (χ0) is 16.3. The van der Waals surface area contributed by atoms with Crippen molar-refractivity contribution in [3.8, 4) is 0 Å². The number of carbonyl (C=O) groups is 1. The summed E-state index contributed by atoms with van der Waals surface area (Å²) in [6, 6.07) is 5.56. The van der Waals surface area contributed by atoms with Crippen LogP contribution in [0.2, 0.25) is 5.02 Å². The molecule has 0 spiro atoms. The molecule has 1 N–H and O–H groups in total. The van der Waals surface area contributed by atoms with Gasteiger partial charge in [0.15, 0.2) is 15.6 Å². The van der Waals surface area contributed by atoms with Crippen molar-refractivity contribution in [2.75, 3.05) is 6.26 Å². The van der Waals surface area contributed by atoms with Crippen LogP contribution in [0.4, 0.5) is 0 Å². The van der Waals surface area contributed by atoms with Crippen molar-refractivity contribution in [3.05, 3.63) is 46.3 Å². The second kappa shape index (κ2) is 6.68. The molecule has 0 radical (unpaired) electrons. The normalized spacial score (nSPS) is 11.4. The lowest BCUT2D eigenvalue weighted by molar-refractivity contribution is 0.0947. The van der Waals surface area contributed by atoms with E-state index in [1.807, 2.05) is 0 Å². The van der Waals surface area contributed by atoms with Gasteiger partial charge in [0.1, 0.15) is 0 Å². The number of aromatic nitrogens is 1. The molecular formula is C13H12Cl2N2O4S. The van der Waals surface area contributed by atoms with E-state index in [2.05, 4.69) is 10.5 Å². The van der Waals surface area contributed by atoms with Crippen LogP contribution in [0.1, 0.15) is 21.8 Å². The van der Waals surface area contributed by atoms with Gasteiger partial charge >= 0.3 is 0 Å². The van der Waals surface area contributed by atoms with E-state index in [4.69, 9.17) is 27.7 Å². The van der Waals surface area contributed by atoms with Gasteiger partial charge < -0.3 is 9.84 Å². The van der Waals surface area contributed by atoms with Gasteiger partial charge in [-0.25, -0.2) is 8.42 Å². The molecule has 0 aliphatic carbocycles. The minimum Gasteiger partial charge on any atom is -0.359 e. The predicted molar refractivity (Wildman–Crippen MR) is 81.8 cm³/mol. The van der Waals surface area contributed by atoms with Crippen LogP contribution in [0.3, 0.4) is 0 Å². The number of hydrogen-bond acceptors (Lipinski definition) is 5. The second-order valence-corrected chi connectivity index (χ2v) is 7.20. The highest BCUT2D eigenvalue weighted by Crippen LogP contribution is 2.21. The maximum atomic E-state index is 12.0. The second-order valence-electron chi connectivity index (χ2n) is 4.51. The first kappa shape index (κ1) is 16.8. The van der Waals surface area contributed by atoms with Crippen molar-refractivity contribution in [1.82, 2.24) is 10.5 Å². The molecule has 0 fully saturated rings. The Morgan fingerprint density at radius 1 is 1.36 bits per heavy atom. The first-order valence-electron chi connectivity index (χ1n) is 6.09. The largest absolute Gasteiger partial charge is 0.359 e. The van der Waals surface area contributed by atoms with Crippen LogP contribution in [0.15, 0.2) is 33.7 Å². The van der Waals surface area contributed by atoms with E-state index in [0.29, 0.717) is 11.5 Å². The lowest BCUT2D eigenvalue weighted by Crippen LogP contribution is -2.23. The molecule has 0 aliphatic rings. The monoisotopic (exact) mass is 362 g/mol. The maximum absolute atomic E-state index is 12.0. The number of benzene rings is 1. The summed E-state index contributed by atoms with van der Waals surface area (Å²) in [5, 5.41) is 6.35. The molecule has 6 nitrogen and oxygen atoms in total. The molecule has 2 rings (SSSR count). The molecule has 0 bridgehead atoms. The van der Waals surface area contributed by atoms with E-state index in [-0.39, 0.29) is 27.9 Å². The summed E-state index contributed by atoms with van der Waals surface area (Å²) in [7, 11) is -3.38. The fraction of sp³-hybridized carbons (Fsp3) is 0.231. The van der Waals surface area contributed by atoms with Gasteiger partial charge in [-0.1, -0.05) is 16.8 Å². The summed E-state index contributed by atoms with van der Waals surface area (Å²) in [6.07, 6.45) is 1.07. The van der Waals surface area contributed by atoms with Gasteiger partial charge in [-0.3, -0.25) is 4.79 Å². The smallest absolute Gasteiger partial charge is 0.253 e. The SMILES string of the molecule is CS(=O)(=O)c1ccc(C(=O)NCc2cc(CCl)no2)c(Cl)c1. The van der Waals surface area contributed by atoms with E-state index in [1.165, 1.54) is 18.2 Å². The molecule has 0 atom stereocenters. The highest BCUT2D eigenvalue weighted by molar-refractivity contribution is 7.90. The zero-order valence-corrected chi connectivity index (χ0v) is 13.8. The fourth-order valence-electron chi connectivity index (χ4n) is 1.68. The van der Waals surface area contributed by atoms with Crippen LogP contribution in [-0.2, 0) is 22.3 Å². The Labute approximate surface area is 137 Å². The van der Waals surface area contributed by atoms with Crippen LogP contribution < -0.4 is 5.32 Å². The molecule has 118 valence electrons. The van der Waals surface area contributed by atoms with Gasteiger partial charge in [-0.15, -0.1) is 11.6 Å². The molecule has 9 heteroatoms. The zero-order valence-electron chi connectivity index (χ0n) is 11.5. The Bertz CT molecular complexity index is 802. The van der Waals surface area contributed by atoms with Crippen molar-refractivity contribution in [2.24, 2.45) is 0 Å². The standard InChI is InChI=1S/C13H12Cl2N2O4S/c1-22(19,20)10-2-3-11(12(15)5-10)13(18)16-7-9-4-8(6-14)17-21-9/h2-5H,6-7H2,1H3,(H,16,18). The van der Waals surface area contributed by atoms with Gasteiger partial charge in [0.25, 0.3) is 5.91 Å². The molecule has 0 aliphatic heterocycles. The number of rotatable bonds is 5. The molecule has 1 heterocycles. The van der Waals surface area contributed by atoms with Crippen molar-refractivity contribution in [2.45, 2.75) is 17.3 Å². The average Bonchev–Trinajstić information content (AvgIpc) is 2.91. The van der Waals surface area contributed by atoms with Crippen molar-refractivity contribution in [3.63, 3.8) is 0 Å². The first-order valence-corrected chi connectivity index (χ1v) is 8.90. The maximum Gasteiger partial charge on any atom is 0.253 e. The van der Waals surface area contributed by atoms with E-state index >= 15 is 0 Å². The third-order valence-corrected chi connectivity index (χ3v) is 4.48. The van der Waals surface area contributed by atoms with Gasteiger partial charge in [-0.2, -0.15) is 0 Å². The van der Waals surface area contributed by atoms with Gasteiger partial charge in [0, 0.05) is 12.3 Å². The van der Waals surface area contributed by atoms with Gasteiger partial charge in [0.05, 0.1) is 33.6 Å². The first-order chi connectivity index (χ1) is 10.3. The number of alkyl halides is 1. The van der Waals surface area contributed by atoms with Crippen molar-refractivity contribution in [1.29, 1.82) is 0 Å². The third-order valence-electron chi connectivity index (χ3n) is 2.78. The average molecular weight is 363 g/mol. The summed E-state index contributed by atoms with van der Waals surface area (Å²) < 4.78 is 27.8. The molecular weight excluding hydrogens is 351 g/mol. The molecule has 1 aromatic carbocycles. The Kier molecular flexibility index (Phi) is 5.10. The van der Waals surface area contributed by atoms with E-state index in [1.54, 1.807) is 6.07 Å². The van der Waals surface area contributed by atoms with Crippen molar-refractivity contribution >= 4 is 38.9 Å². The number of halogens is 2. The highest BCUT2D eigenvalue weighted by Gasteiger charge is 2.15. The number of nitrogens with zero attached hydrogens (tertiary/aromatic N) is 1.